The molecule has 1 heterocycles. The predicted molar refractivity (Wildman–Crippen MR) is 114 cm³/mol. The van der Waals surface area contributed by atoms with E-state index in [2.05, 4.69) is 24.5 Å². The molecule has 1 aromatic carbocycles. The molecule has 0 spiro atoms. The average Bonchev–Trinajstić information content (AvgIpc) is 2.97. The normalized spacial score (nSPS) is 15.4. The van der Waals surface area contributed by atoms with E-state index in [-0.39, 0.29) is 16.9 Å². The highest BCUT2D eigenvalue weighted by Gasteiger charge is 2.32. The first-order valence-corrected chi connectivity index (χ1v) is 10.2. The molecule has 1 aliphatic carbocycles. The van der Waals surface area contributed by atoms with Crippen LogP contribution in [0.3, 0.4) is 0 Å². The van der Waals surface area contributed by atoms with E-state index in [9.17, 15) is 14.7 Å². The van der Waals surface area contributed by atoms with Gasteiger partial charge in [0.25, 0.3) is 0 Å². The standard InChI is InChI=1S/C22H26N2O3S/c1-22(2)11-10-17-16(12-22)19(21(26)27)20(28-17)24-18(25)9-8-14-4-6-15(7-5-14)13-23-3/h4-9,23H,10-13H2,1-3H3,(H,24,25)(H,26,27)/b9-8+. The quantitative estimate of drug-likeness (QED) is 0.633. The first-order valence-electron chi connectivity index (χ1n) is 9.39. The number of carbonyl (C=O) groups excluding carboxylic acids is 1. The highest BCUT2D eigenvalue weighted by atomic mass is 32.1. The average molecular weight is 399 g/mol. The molecule has 0 atom stereocenters. The first-order chi connectivity index (χ1) is 13.3. The second-order valence-electron chi connectivity index (χ2n) is 7.95. The summed E-state index contributed by atoms with van der Waals surface area (Å²) >= 11 is 1.39. The Morgan fingerprint density at radius 3 is 2.61 bits per heavy atom. The lowest BCUT2D eigenvalue weighted by Gasteiger charge is -2.29. The number of carbonyl (C=O) groups is 2. The number of hydrogen-bond donors (Lipinski definition) is 3. The van der Waals surface area contributed by atoms with Crippen molar-refractivity contribution in [2.45, 2.75) is 39.7 Å². The number of nitrogens with one attached hydrogen (secondary N) is 2. The summed E-state index contributed by atoms with van der Waals surface area (Å²) in [6.07, 6.45) is 5.79. The van der Waals surface area contributed by atoms with E-state index in [4.69, 9.17) is 0 Å². The molecule has 3 rings (SSSR count). The monoisotopic (exact) mass is 398 g/mol. The van der Waals surface area contributed by atoms with Crippen molar-refractivity contribution in [1.29, 1.82) is 0 Å². The van der Waals surface area contributed by atoms with Crippen molar-refractivity contribution in [3.05, 3.63) is 57.5 Å². The molecule has 0 fully saturated rings. The number of aromatic carboxylic acids is 1. The molecule has 1 amide bonds. The maximum Gasteiger partial charge on any atom is 0.339 e. The fourth-order valence-corrected chi connectivity index (χ4v) is 4.72. The third-order valence-corrected chi connectivity index (χ3v) is 6.22. The largest absolute Gasteiger partial charge is 0.478 e. The Hall–Kier alpha value is -2.44. The van der Waals surface area contributed by atoms with Gasteiger partial charge in [0.05, 0.1) is 5.56 Å². The Bertz CT molecular complexity index is 911. The molecule has 2 aromatic rings. The Balaban J connectivity index is 1.75. The maximum atomic E-state index is 12.4. The van der Waals surface area contributed by atoms with Crippen molar-refractivity contribution in [3.63, 3.8) is 0 Å². The summed E-state index contributed by atoms with van der Waals surface area (Å²) in [5.74, 6) is -1.30. The number of hydrogen-bond acceptors (Lipinski definition) is 4. The Morgan fingerprint density at radius 1 is 1.25 bits per heavy atom. The minimum atomic E-state index is -0.977. The molecule has 28 heavy (non-hydrogen) atoms. The second-order valence-corrected chi connectivity index (χ2v) is 9.05. The summed E-state index contributed by atoms with van der Waals surface area (Å²) in [7, 11) is 1.90. The van der Waals surface area contributed by atoms with Crippen LogP contribution in [0.25, 0.3) is 6.08 Å². The lowest BCUT2D eigenvalue weighted by Crippen LogP contribution is -2.22. The van der Waals surface area contributed by atoms with Gasteiger partial charge in [-0.2, -0.15) is 0 Å². The van der Waals surface area contributed by atoms with Gasteiger partial charge in [-0.25, -0.2) is 4.79 Å². The lowest BCUT2D eigenvalue weighted by molar-refractivity contribution is -0.111. The van der Waals surface area contributed by atoms with Gasteiger partial charge in [0.15, 0.2) is 0 Å². The van der Waals surface area contributed by atoms with Gasteiger partial charge in [0, 0.05) is 17.5 Å². The van der Waals surface area contributed by atoms with Crippen LogP contribution in [0.15, 0.2) is 30.3 Å². The lowest BCUT2D eigenvalue weighted by atomic mass is 9.76. The van der Waals surface area contributed by atoms with Crippen LogP contribution in [0.4, 0.5) is 5.00 Å². The van der Waals surface area contributed by atoms with Crippen molar-refractivity contribution in [1.82, 2.24) is 5.32 Å². The third kappa shape index (κ3) is 4.69. The Morgan fingerprint density at radius 2 is 1.96 bits per heavy atom. The number of rotatable bonds is 6. The minimum absolute atomic E-state index is 0.0823. The van der Waals surface area contributed by atoms with Gasteiger partial charge < -0.3 is 15.7 Å². The number of carboxylic acid groups (broad SMARTS) is 1. The Kier molecular flexibility index (Phi) is 6.01. The second kappa shape index (κ2) is 8.29. The van der Waals surface area contributed by atoms with Crippen LogP contribution >= 0.6 is 11.3 Å². The molecule has 0 saturated carbocycles. The zero-order chi connectivity index (χ0) is 20.3. The molecule has 0 radical (unpaired) electrons. The summed E-state index contributed by atoms with van der Waals surface area (Å²) in [5.41, 5.74) is 3.31. The van der Waals surface area contributed by atoms with Crippen molar-refractivity contribution in [3.8, 4) is 0 Å². The predicted octanol–water partition coefficient (Wildman–Crippen LogP) is 4.33. The van der Waals surface area contributed by atoms with Crippen LogP contribution in [-0.4, -0.2) is 24.0 Å². The van der Waals surface area contributed by atoms with E-state index in [0.29, 0.717) is 5.00 Å². The fourth-order valence-electron chi connectivity index (χ4n) is 3.51. The smallest absolute Gasteiger partial charge is 0.339 e. The third-order valence-electron chi connectivity index (χ3n) is 5.01. The Labute approximate surface area is 169 Å². The van der Waals surface area contributed by atoms with Crippen LogP contribution in [0.1, 0.15) is 52.2 Å². The van der Waals surface area contributed by atoms with Gasteiger partial charge in [-0.1, -0.05) is 38.1 Å². The van der Waals surface area contributed by atoms with E-state index in [0.717, 1.165) is 41.8 Å². The van der Waals surface area contributed by atoms with Crippen molar-refractivity contribution in [2.75, 3.05) is 12.4 Å². The number of benzene rings is 1. The zero-order valence-corrected chi connectivity index (χ0v) is 17.3. The molecule has 0 aliphatic heterocycles. The summed E-state index contributed by atoms with van der Waals surface area (Å²) in [6, 6.07) is 7.91. The van der Waals surface area contributed by atoms with Crippen molar-refractivity contribution < 1.29 is 14.7 Å². The van der Waals surface area contributed by atoms with Gasteiger partial charge in [-0.15, -0.1) is 11.3 Å². The SMILES string of the molecule is CNCc1ccc(/C=C/C(=O)Nc2sc3c(c2C(=O)O)CC(C)(C)CC3)cc1. The minimum Gasteiger partial charge on any atom is -0.478 e. The summed E-state index contributed by atoms with van der Waals surface area (Å²) in [6.45, 7) is 5.10. The molecule has 1 aliphatic rings. The van der Waals surface area contributed by atoms with Crippen LogP contribution in [0, 0.1) is 5.41 Å². The van der Waals surface area contributed by atoms with Crippen molar-refractivity contribution >= 4 is 34.3 Å². The first kappa shape index (κ1) is 20.3. The molecule has 6 heteroatoms. The number of thiophene rings is 1. The van der Waals surface area contributed by atoms with E-state index < -0.39 is 5.97 Å². The molecule has 0 bridgehead atoms. The number of amides is 1. The molecular formula is C22H26N2O3S. The zero-order valence-electron chi connectivity index (χ0n) is 16.5. The fraction of sp³-hybridized carbons (Fsp3) is 0.364. The van der Waals surface area contributed by atoms with Crippen LogP contribution < -0.4 is 10.6 Å². The van der Waals surface area contributed by atoms with Crippen LogP contribution in [-0.2, 0) is 24.2 Å². The molecular weight excluding hydrogens is 372 g/mol. The topological polar surface area (TPSA) is 78.4 Å². The van der Waals surface area contributed by atoms with Crippen molar-refractivity contribution in [2.24, 2.45) is 5.41 Å². The number of fused-ring (bicyclic) bond motifs is 1. The molecule has 1 aromatic heterocycles. The number of carboxylic acids is 1. The highest BCUT2D eigenvalue weighted by Crippen LogP contribution is 2.43. The summed E-state index contributed by atoms with van der Waals surface area (Å²) < 4.78 is 0. The highest BCUT2D eigenvalue weighted by molar-refractivity contribution is 7.17. The van der Waals surface area contributed by atoms with E-state index in [1.807, 2.05) is 31.3 Å². The molecule has 148 valence electrons. The van der Waals surface area contributed by atoms with E-state index in [1.165, 1.54) is 23.0 Å². The van der Waals surface area contributed by atoms with Crippen LogP contribution in [0.2, 0.25) is 0 Å². The van der Waals surface area contributed by atoms with E-state index in [1.54, 1.807) is 6.08 Å². The van der Waals surface area contributed by atoms with Crippen LogP contribution in [0.5, 0.6) is 0 Å². The van der Waals surface area contributed by atoms with Gasteiger partial charge in [-0.3, -0.25) is 4.79 Å². The molecule has 0 saturated heterocycles. The maximum absolute atomic E-state index is 12.4. The summed E-state index contributed by atoms with van der Waals surface area (Å²) in [4.78, 5) is 25.3. The molecule has 0 unspecified atom stereocenters. The van der Waals surface area contributed by atoms with E-state index >= 15 is 0 Å². The number of aryl methyl sites for hydroxylation is 1. The summed E-state index contributed by atoms with van der Waals surface area (Å²) in [5, 5.41) is 16.0. The van der Waals surface area contributed by atoms with Gasteiger partial charge in [-0.05, 0) is 54.5 Å². The molecule has 5 nitrogen and oxygen atoms in total. The van der Waals surface area contributed by atoms with Gasteiger partial charge >= 0.3 is 5.97 Å². The van der Waals surface area contributed by atoms with Gasteiger partial charge in [0.1, 0.15) is 5.00 Å². The number of anilines is 1. The molecule has 3 N–H and O–H groups in total. The van der Waals surface area contributed by atoms with Gasteiger partial charge in [0.2, 0.25) is 5.91 Å².